The molecule has 3 aromatic rings. The van der Waals surface area contributed by atoms with Crippen LogP contribution in [0.3, 0.4) is 0 Å². The highest BCUT2D eigenvalue weighted by atomic mass is 31.2. The number of unbranched alkanes of at least 4 members (excludes halogenated alkanes) is 15. The lowest BCUT2D eigenvalue weighted by molar-refractivity contribution is -0.0690. The zero-order chi connectivity index (χ0) is 40.9. The molecule has 314 valence electrons. The van der Waals surface area contributed by atoms with Crippen LogP contribution in [0.4, 0.5) is 5.82 Å². The molecule has 57 heavy (non-hydrogen) atoms. The second-order valence-corrected chi connectivity index (χ2v) is 16.1. The highest BCUT2D eigenvalue weighted by Gasteiger charge is 2.58. The van der Waals surface area contributed by atoms with E-state index in [1.54, 1.807) is 12.1 Å². The van der Waals surface area contributed by atoms with Gasteiger partial charge in [-0.2, -0.15) is 15.6 Å². The third kappa shape index (κ3) is 14.4. The number of fused-ring (bicyclic) bond motifs is 1. The quantitative estimate of drug-likeness (QED) is 0.0437. The number of aliphatic hydroxyl groups is 2. The number of phosphoric acid groups is 1. The lowest BCUT2D eigenvalue weighted by Crippen LogP contribution is -2.41. The molecular formula is C40H60N7O9P. The second kappa shape index (κ2) is 24.4. The first-order valence-electron chi connectivity index (χ1n) is 20.3. The number of hydrogen-bond acceptors (Lipinski definition) is 14. The number of nitrogens with two attached hydrogens (primary N) is 1. The van der Waals surface area contributed by atoms with Gasteiger partial charge in [-0.1, -0.05) is 109 Å². The average Bonchev–Trinajstić information content (AvgIpc) is 3.77. The Morgan fingerprint density at radius 3 is 2.16 bits per heavy atom. The molecule has 5 N–H and O–H groups in total. The van der Waals surface area contributed by atoms with Crippen LogP contribution in [-0.4, -0.2) is 85.5 Å². The Morgan fingerprint density at radius 1 is 0.912 bits per heavy atom. The average molecular weight is 814 g/mol. The van der Waals surface area contributed by atoms with Crippen LogP contribution in [-0.2, 0) is 40.0 Å². The van der Waals surface area contributed by atoms with Crippen molar-refractivity contribution < 1.29 is 42.9 Å². The molecule has 1 saturated heterocycles. The van der Waals surface area contributed by atoms with Crippen molar-refractivity contribution in [3.63, 3.8) is 0 Å². The fourth-order valence-electron chi connectivity index (χ4n) is 6.83. The van der Waals surface area contributed by atoms with E-state index < -0.39 is 44.4 Å². The summed E-state index contributed by atoms with van der Waals surface area (Å²) in [5.74, 6) is 0.122. The molecule has 4 rings (SSSR count). The largest absolute Gasteiger partial charge is 0.472 e. The summed E-state index contributed by atoms with van der Waals surface area (Å²) in [6.45, 7) is 1.81. The van der Waals surface area contributed by atoms with Crippen LogP contribution < -0.4 is 5.73 Å². The molecule has 0 spiro atoms. The predicted octanol–water partition coefficient (Wildman–Crippen LogP) is 6.41. The van der Waals surface area contributed by atoms with Gasteiger partial charge in [0.1, 0.15) is 54.1 Å². The van der Waals surface area contributed by atoms with Crippen molar-refractivity contribution in [3.05, 3.63) is 53.7 Å². The molecule has 1 unspecified atom stereocenters. The van der Waals surface area contributed by atoms with Crippen LogP contribution in [0.1, 0.15) is 127 Å². The monoisotopic (exact) mass is 813 g/mol. The number of phosphoric ester groups is 1. The van der Waals surface area contributed by atoms with Crippen LogP contribution in [0.15, 0.2) is 36.8 Å². The summed E-state index contributed by atoms with van der Waals surface area (Å²) < 4.78 is 42.3. The van der Waals surface area contributed by atoms with Crippen molar-refractivity contribution in [2.24, 2.45) is 0 Å². The molecule has 0 aliphatic carbocycles. The van der Waals surface area contributed by atoms with Crippen LogP contribution in [0.2, 0.25) is 0 Å². The Morgan fingerprint density at radius 2 is 1.56 bits per heavy atom. The van der Waals surface area contributed by atoms with Crippen LogP contribution >= 0.6 is 7.82 Å². The van der Waals surface area contributed by atoms with E-state index in [0.29, 0.717) is 17.7 Å². The molecule has 0 amide bonds. The zero-order valence-corrected chi connectivity index (χ0v) is 34.0. The van der Waals surface area contributed by atoms with Gasteiger partial charge in [0.25, 0.3) is 0 Å². The summed E-state index contributed by atoms with van der Waals surface area (Å²) in [6.07, 6.45) is 17.4. The zero-order valence-electron chi connectivity index (χ0n) is 33.1. The van der Waals surface area contributed by atoms with Crippen molar-refractivity contribution in [1.29, 1.82) is 10.5 Å². The normalized spacial score (nSPS) is 21.0. The SMILES string of the molecule is CCCCCCCCCCCCCCCCCCOC[C@H](COP(=O)(O)OC[C@H]1O[C@@](C#N)(c2ccc3c(N)ncnn23)[C@H](O)[C@@H]1O)OCc1ccc(C#N)nc1. The van der Waals surface area contributed by atoms with E-state index in [4.69, 9.17) is 34.3 Å². The van der Waals surface area contributed by atoms with Crippen molar-refractivity contribution in [2.75, 3.05) is 32.2 Å². The van der Waals surface area contributed by atoms with Crippen molar-refractivity contribution in [3.8, 4) is 12.1 Å². The molecule has 17 heteroatoms. The first kappa shape index (κ1) is 46.2. The minimum atomic E-state index is -4.77. The number of pyridine rings is 1. The molecule has 3 aromatic heterocycles. The van der Waals surface area contributed by atoms with E-state index in [9.17, 15) is 24.9 Å². The maximum atomic E-state index is 13.0. The highest BCUT2D eigenvalue weighted by molar-refractivity contribution is 7.47. The van der Waals surface area contributed by atoms with E-state index >= 15 is 0 Å². The van der Waals surface area contributed by atoms with E-state index in [1.165, 1.54) is 113 Å². The van der Waals surface area contributed by atoms with E-state index in [0.717, 1.165) is 19.3 Å². The number of nitrogen functional groups attached to an aromatic ring is 1. The van der Waals surface area contributed by atoms with Gasteiger partial charge in [0, 0.05) is 12.8 Å². The number of hydrogen-bond donors (Lipinski definition) is 4. The fourth-order valence-corrected chi connectivity index (χ4v) is 7.60. The third-order valence-corrected chi connectivity index (χ3v) is 11.1. The number of anilines is 1. The summed E-state index contributed by atoms with van der Waals surface area (Å²) in [5, 5.41) is 45.0. The molecule has 1 fully saturated rings. The fraction of sp³-hybridized carbons (Fsp3) is 0.675. The maximum absolute atomic E-state index is 13.0. The number of aromatic nitrogens is 4. The second-order valence-electron chi connectivity index (χ2n) is 14.6. The number of nitriles is 2. The minimum absolute atomic E-state index is 0.0725. The van der Waals surface area contributed by atoms with Gasteiger partial charge < -0.3 is 35.1 Å². The van der Waals surface area contributed by atoms with Gasteiger partial charge in [0.05, 0.1) is 32.1 Å². The molecule has 1 aliphatic rings. The van der Waals surface area contributed by atoms with E-state index in [2.05, 4.69) is 22.0 Å². The maximum Gasteiger partial charge on any atom is 0.472 e. The lowest BCUT2D eigenvalue weighted by atomic mass is 9.92. The standard InChI is InChI=1S/C40H60N7O9P/c1-2-3-4-5-6-7-8-9-10-11-12-13-14-15-16-17-22-52-26-33(53-25-31-18-19-32(23-41)44-24-31)27-54-57(50,51)55-28-35-37(48)38(49)40(29-42,56-35)36-21-20-34-39(43)45-30-46-47(34)36/h18-21,24,30,33,35,37-38,48-49H,2-17,22,25-28H2,1H3,(H,50,51)(H2,43,45,46)/t33-,35-,37-,38-,40+/m1/s1. The molecule has 1 aliphatic heterocycles. The predicted molar refractivity (Wildman–Crippen MR) is 211 cm³/mol. The van der Waals surface area contributed by atoms with Gasteiger partial charge in [0.2, 0.25) is 5.60 Å². The Bertz CT molecular complexity index is 1750. The highest BCUT2D eigenvalue weighted by Crippen LogP contribution is 2.46. The number of aliphatic hydroxyl groups excluding tert-OH is 2. The molecule has 16 nitrogen and oxygen atoms in total. The summed E-state index contributed by atoms with van der Waals surface area (Å²) in [4.78, 5) is 18.5. The third-order valence-electron chi connectivity index (χ3n) is 10.2. The van der Waals surface area contributed by atoms with Crippen LogP contribution in [0.5, 0.6) is 0 Å². The smallest absolute Gasteiger partial charge is 0.387 e. The van der Waals surface area contributed by atoms with Gasteiger partial charge in [-0.25, -0.2) is 19.0 Å². The first-order chi connectivity index (χ1) is 27.6. The van der Waals surface area contributed by atoms with Crippen LogP contribution in [0.25, 0.3) is 5.52 Å². The Hall–Kier alpha value is -3.54. The van der Waals surface area contributed by atoms with Gasteiger partial charge >= 0.3 is 7.82 Å². The molecular weight excluding hydrogens is 753 g/mol. The molecule has 6 atom stereocenters. The first-order valence-corrected chi connectivity index (χ1v) is 21.8. The van der Waals surface area contributed by atoms with Crippen LogP contribution in [0, 0.1) is 22.7 Å². The van der Waals surface area contributed by atoms with E-state index in [-0.39, 0.29) is 37.0 Å². The number of rotatable bonds is 29. The number of nitrogens with zero attached hydrogens (tertiary/aromatic N) is 6. The van der Waals surface area contributed by atoms with Gasteiger partial charge in [-0.05, 0) is 30.2 Å². The van der Waals surface area contributed by atoms with Crippen molar-refractivity contribution >= 4 is 19.2 Å². The van der Waals surface area contributed by atoms with Gasteiger partial charge in [-0.3, -0.25) is 9.05 Å². The Balaban J connectivity index is 1.18. The van der Waals surface area contributed by atoms with Crippen molar-refractivity contribution in [2.45, 2.75) is 146 Å². The molecule has 0 saturated carbocycles. The topological polar surface area (TPSA) is 241 Å². The molecule has 0 radical (unpaired) electrons. The summed E-state index contributed by atoms with van der Waals surface area (Å²) >= 11 is 0. The number of ether oxygens (including phenoxy) is 3. The summed E-state index contributed by atoms with van der Waals surface area (Å²) in [5.41, 5.74) is 5.16. The summed E-state index contributed by atoms with van der Waals surface area (Å²) in [7, 11) is -4.77. The molecule has 0 aromatic carbocycles. The Kier molecular flexibility index (Phi) is 19.8. The van der Waals surface area contributed by atoms with Crippen molar-refractivity contribution in [1.82, 2.24) is 19.6 Å². The lowest BCUT2D eigenvalue weighted by Gasteiger charge is -2.24. The van der Waals surface area contributed by atoms with Gasteiger partial charge in [-0.15, -0.1) is 0 Å². The summed E-state index contributed by atoms with van der Waals surface area (Å²) in [6, 6.07) is 10.1. The van der Waals surface area contributed by atoms with E-state index in [1.807, 2.05) is 12.1 Å². The van der Waals surface area contributed by atoms with Gasteiger partial charge in [0.15, 0.2) is 5.82 Å². The Labute approximate surface area is 335 Å². The molecule has 4 heterocycles. The minimum Gasteiger partial charge on any atom is -0.387 e. The molecule has 0 bridgehead atoms.